The van der Waals surface area contributed by atoms with E-state index in [1.165, 1.54) is 12.5 Å². The molecule has 2 rings (SSSR count). The van der Waals surface area contributed by atoms with E-state index in [0.29, 0.717) is 12.6 Å². The van der Waals surface area contributed by atoms with Crippen LogP contribution >= 0.6 is 0 Å². The second-order valence-electron chi connectivity index (χ2n) is 4.70. The molecule has 1 aliphatic heterocycles. The second kappa shape index (κ2) is 5.50. The van der Waals surface area contributed by atoms with Crippen LogP contribution in [0.3, 0.4) is 0 Å². The third-order valence-corrected chi connectivity index (χ3v) is 3.68. The zero-order valence-corrected chi connectivity index (χ0v) is 10.5. The number of halogens is 1. The normalized spacial score (nSPS) is 20.6. The molecule has 0 aliphatic carbocycles. The van der Waals surface area contributed by atoms with Crippen molar-refractivity contribution in [2.45, 2.75) is 45.2 Å². The average Bonchev–Trinajstić information content (AvgIpc) is 2.38. The van der Waals surface area contributed by atoms with Gasteiger partial charge in [-0.25, -0.2) is 4.39 Å². The van der Waals surface area contributed by atoms with E-state index in [-0.39, 0.29) is 5.82 Å². The molecule has 1 aromatic rings. The summed E-state index contributed by atoms with van der Waals surface area (Å²) in [4.78, 5) is 2.22. The maximum atomic E-state index is 14.0. The highest BCUT2D eigenvalue weighted by Crippen LogP contribution is 2.31. The lowest BCUT2D eigenvalue weighted by Crippen LogP contribution is -2.40. The number of hydrogen-bond donors (Lipinski definition) is 1. The van der Waals surface area contributed by atoms with E-state index in [9.17, 15) is 4.39 Å². The zero-order chi connectivity index (χ0) is 12.3. The van der Waals surface area contributed by atoms with Crippen molar-refractivity contribution in [2.24, 2.45) is 5.73 Å². The maximum absolute atomic E-state index is 14.0. The fraction of sp³-hybridized carbons (Fsp3) is 0.571. The van der Waals surface area contributed by atoms with E-state index >= 15 is 0 Å². The van der Waals surface area contributed by atoms with Gasteiger partial charge in [-0.05, 0) is 37.3 Å². The van der Waals surface area contributed by atoms with Crippen LogP contribution in [-0.4, -0.2) is 12.6 Å². The molecule has 94 valence electrons. The van der Waals surface area contributed by atoms with Gasteiger partial charge >= 0.3 is 0 Å². The lowest BCUT2D eigenvalue weighted by atomic mass is 9.97. The van der Waals surface area contributed by atoms with E-state index in [1.54, 1.807) is 6.07 Å². The molecular formula is C14H21FN2. The number of anilines is 1. The summed E-state index contributed by atoms with van der Waals surface area (Å²) in [5.41, 5.74) is 7.38. The van der Waals surface area contributed by atoms with Crippen molar-refractivity contribution < 1.29 is 4.39 Å². The Morgan fingerprint density at radius 3 is 2.94 bits per heavy atom. The molecule has 0 amide bonds. The van der Waals surface area contributed by atoms with Crippen LogP contribution in [0.25, 0.3) is 0 Å². The molecule has 0 aromatic heterocycles. The lowest BCUT2D eigenvalue weighted by molar-refractivity contribution is 0.442. The monoisotopic (exact) mass is 236 g/mol. The number of hydrogen-bond acceptors (Lipinski definition) is 2. The minimum Gasteiger partial charge on any atom is -0.366 e. The van der Waals surface area contributed by atoms with Crippen molar-refractivity contribution >= 4 is 5.69 Å². The summed E-state index contributed by atoms with van der Waals surface area (Å²) >= 11 is 0. The Morgan fingerprint density at radius 1 is 1.41 bits per heavy atom. The molecule has 1 aliphatic rings. The Morgan fingerprint density at radius 2 is 2.24 bits per heavy atom. The standard InChI is InChI=1S/C14H21FN2/c1-2-12-7-3-4-9-17(12)14-11(10-16)6-5-8-13(14)15/h5-6,8,12H,2-4,7,9-10,16H2,1H3. The number of benzene rings is 1. The topological polar surface area (TPSA) is 29.3 Å². The highest BCUT2D eigenvalue weighted by atomic mass is 19.1. The molecule has 0 bridgehead atoms. The van der Waals surface area contributed by atoms with Gasteiger partial charge in [-0.2, -0.15) is 0 Å². The van der Waals surface area contributed by atoms with Crippen molar-refractivity contribution in [2.75, 3.05) is 11.4 Å². The molecule has 0 radical (unpaired) electrons. The Labute approximate surface area is 103 Å². The summed E-state index contributed by atoms with van der Waals surface area (Å²) in [6, 6.07) is 5.67. The predicted octanol–water partition coefficient (Wildman–Crippen LogP) is 3.05. The van der Waals surface area contributed by atoms with Gasteiger partial charge in [-0.1, -0.05) is 19.1 Å². The Balaban J connectivity index is 2.36. The summed E-state index contributed by atoms with van der Waals surface area (Å²) in [5.74, 6) is -0.131. The molecule has 1 heterocycles. The van der Waals surface area contributed by atoms with Gasteiger partial charge in [0.15, 0.2) is 0 Å². The lowest BCUT2D eigenvalue weighted by Gasteiger charge is -2.38. The first-order valence-corrected chi connectivity index (χ1v) is 6.52. The van der Waals surface area contributed by atoms with Crippen LogP contribution in [0.2, 0.25) is 0 Å². The smallest absolute Gasteiger partial charge is 0.146 e. The van der Waals surface area contributed by atoms with Crippen molar-refractivity contribution in [1.29, 1.82) is 0 Å². The summed E-state index contributed by atoms with van der Waals surface area (Å²) in [6.45, 7) is 3.53. The molecule has 17 heavy (non-hydrogen) atoms. The van der Waals surface area contributed by atoms with Gasteiger partial charge < -0.3 is 10.6 Å². The molecule has 1 unspecified atom stereocenters. The largest absolute Gasteiger partial charge is 0.366 e. The van der Waals surface area contributed by atoms with Crippen molar-refractivity contribution in [1.82, 2.24) is 0 Å². The first-order valence-electron chi connectivity index (χ1n) is 6.52. The number of rotatable bonds is 3. The van der Waals surface area contributed by atoms with Crippen LogP contribution in [-0.2, 0) is 6.54 Å². The molecule has 0 spiro atoms. The van der Waals surface area contributed by atoms with Gasteiger partial charge in [0.25, 0.3) is 0 Å². The minimum absolute atomic E-state index is 0.131. The van der Waals surface area contributed by atoms with E-state index in [1.807, 2.05) is 6.07 Å². The van der Waals surface area contributed by atoms with Crippen LogP contribution in [0.4, 0.5) is 10.1 Å². The zero-order valence-electron chi connectivity index (χ0n) is 10.5. The maximum Gasteiger partial charge on any atom is 0.146 e. The Bertz CT molecular complexity index is 378. The molecule has 1 fully saturated rings. The SMILES string of the molecule is CCC1CCCCN1c1c(F)cccc1CN. The molecule has 2 nitrogen and oxygen atoms in total. The van der Waals surface area contributed by atoms with Crippen molar-refractivity contribution in [3.63, 3.8) is 0 Å². The van der Waals surface area contributed by atoms with Crippen LogP contribution in [0.1, 0.15) is 38.2 Å². The van der Waals surface area contributed by atoms with Gasteiger partial charge in [-0.15, -0.1) is 0 Å². The van der Waals surface area contributed by atoms with E-state index in [4.69, 9.17) is 5.73 Å². The van der Waals surface area contributed by atoms with Gasteiger partial charge in [-0.3, -0.25) is 0 Å². The van der Waals surface area contributed by atoms with Gasteiger partial charge in [0.2, 0.25) is 0 Å². The number of para-hydroxylation sites is 1. The molecule has 3 heteroatoms. The summed E-state index contributed by atoms with van der Waals surface area (Å²) in [5, 5.41) is 0. The summed E-state index contributed by atoms with van der Waals surface area (Å²) in [6.07, 6.45) is 4.63. The first kappa shape index (κ1) is 12.4. The fourth-order valence-electron chi connectivity index (χ4n) is 2.77. The summed E-state index contributed by atoms with van der Waals surface area (Å²) in [7, 11) is 0. The highest BCUT2D eigenvalue weighted by molar-refractivity contribution is 5.56. The van der Waals surface area contributed by atoms with Gasteiger partial charge in [0.1, 0.15) is 5.82 Å². The molecule has 0 saturated carbocycles. The van der Waals surface area contributed by atoms with E-state index in [2.05, 4.69) is 11.8 Å². The predicted molar refractivity (Wildman–Crippen MR) is 69.6 cm³/mol. The molecular weight excluding hydrogens is 215 g/mol. The summed E-state index contributed by atoms with van der Waals surface area (Å²) < 4.78 is 14.0. The first-order chi connectivity index (χ1) is 8.27. The van der Waals surface area contributed by atoms with Gasteiger partial charge in [0.05, 0.1) is 5.69 Å². The molecule has 1 atom stereocenters. The number of nitrogens with two attached hydrogens (primary N) is 1. The number of piperidine rings is 1. The van der Waals surface area contributed by atoms with E-state index in [0.717, 1.165) is 37.1 Å². The van der Waals surface area contributed by atoms with Crippen LogP contribution < -0.4 is 10.6 Å². The number of nitrogens with zero attached hydrogens (tertiary/aromatic N) is 1. The van der Waals surface area contributed by atoms with Crippen molar-refractivity contribution in [3.05, 3.63) is 29.6 Å². The average molecular weight is 236 g/mol. The second-order valence-corrected chi connectivity index (χ2v) is 4.70. The third-order valence-electron chi connectivity index (χ3n) is 3.68. The molecule has 1 aromatic carbocycles. The molecule has 1 saturated heterocycles. The van der Waals surface area contributed by atoms with Gasteiger partial charge in [0, 0.05) is 19.1 Å². The van der Waals surface area contributed by atoms with Crippen LogP contribution in [0, 0.1) is 5.82 Å². The van der Waals surface area contributed by atoms with Crippen molar-refractivity contribution in [3.8, 4) is 0 Å². The quantitative estimate of drug-likeness (QED) is 0.874. The fourth-order valence-corrected chi connectivity index (χ4v) is 2.77. The molecule has 2 N–H and O–H groups in total. The third kappa shape index (κ3) is 2.44. The Kier molecular flexibility index (Phi) is 4.00. The van der Waals surface area contributed by atoms with Crippen LogP contribution in [0.15, 0.2) is 18.2 Å². The highest BCUT2D eigenvalue weighted by Gasteiger charge is 2.24. The van der Waals surface area contributed by atoms with E-state index < -0.39 is 0 Å². The minimum atomic E-state index is -0.131. The Hall–Kier alpha value is -1.09. The van der Waals surface area contributed by atoms with Crippen LogP contribution in [0.5, 0.6) is 0 Å².